The highest BCUT2D eigenvalue weighted by Gasteiger charge is 2.32. The van der Waals surface area contributed by atoms with Gasteiger partial charge in [-0.3, -0.25) is 4.79 Å². The fourth-order valence-electron chi connectivity index (χ4n) is 2.99. The Morgan fingerprint density at radius 1 is 1.35 bits per heavy atom. The zero-order valence-corrected chi connectivity index (χ0v) is 12.9. The summed E-state index contributed by atoms with van der Waals surface area (Å²) in [7, 11) is 3.52. The number of hydrogen-bond donors (Lipinski definition) is 1. The summed E-state index contributed by atoms with van der Waals surface area (Å²) in [6.07, 6.45) is 6.33. The third kappa shape index (κ3) is 3.33. The normalized spacial score (nSPS) is 17.8. The van der Waals surface area contributed by atoms with Crippen molar-refractivity contribution in [2.75, 3.05) is 14.2 Å². The Hall–Kier alpha value is -1.06. The molecule has 0 aromatic heterocycles. The van der Waals surface area contributed by atoms with Gasteiger partial charge in [0.2, 0.25) is 0 Å². The highest BCUT2D eigenvalue weighted by molar-refractivity contribution is 6.32. The molecule has 1 aliphatic rings. The van der Waals surface area contributed by atoms with Crippen molar-refractivity contribution in [3.63, 3.8) is 0 Å². The first-order valence-corrected chi connectivity index (χ1v) is 7.54. The Kier molecular flexibility index (Phi) is 5.06. The zero-order valence-electron chi connectivity index (χ0n) is 12.2. The van der Waals surface area contributed by atoms with E-state index in [0.29, 0.717) is 22.8 Å². The van der Waals surface area contributed by atoms with Gasteiger partial charge in [0.05, 0.1) is 12.1 Å². The molecule has 3 nitrogen and oxygen atoms in total. The Morgan fingerprint density at radius 3 is 2.65 bits per heavy atom. The van der Waals surface area contributed by atoms with E-state index in [1.54, 1.807) is 25.3 Å². The Labute approximate surface area is 125 Å². The second-order valence-corrected chi connectivity index (χ2v) is 5.95. The van der Waals surface area contributed by atoms with Crippen molar-refractivity contribution < 1.29 is 9.53 Å². The van der Waals surface area contributed by atoms with Crippen molar-refractivity contribution in [2.45, 2.75) is 44.1 Å². The number of benzene rings is 1. The molecular weight excluding hydrogens is 274 g/mol. The number of nitrogens with one attached hydrogen (secondary N) is 1. The second kappa shape index (κ2) is 6.59. The molecule has 0 unspecified atom stereocenters. The molecule has 4 heteroatoms. The van der Waals surface area contributed by atoms with Gasteiger partial charge in [0.25, 0.3) is 0 Å². The van der Waals surface area contributed by atoms with Crippen LogP contribution in [0.25, 0.3) is 0 Å². The van der Waals surface area contributed by atoms with E-state index in [2.05, 4.69) is 5.32 Å². The third-order valence-corrected chi connectivity index (χ3v) is 4.63. The number of carbonyl (C=O) groups is 1. The van der Waals surface area contributed by atoms with Crippen LogP contribution in [0.2, 0.25) is 5.02 Å². The number of Topliss-reactive ketones (excluding diaryl/α,β-unsaturated/α-hetero) is 1. The van der Waals surface area contributed by atoms with Gasteiger partial charge in [-0.15, -0.1) is 0 Å². The van der Waals surface area contributed by atoms with E-state index in [1.807, 2.05) is 7.05 Å². The van der Waals surface area contributed by atoms with E-state index < -0.39 is 0 Å². The molecule has 0 radical (unpaired) electrons. The fourth-order valence-corrected chi connectivity index (χ4v) is 3.18. The van der Waals surface area contributed by atoms with E-state index >= 15 is 0 Å². The van der Waals surface area contributed by atoms with Crippen molar-refractivity contribution >= 4 is 17.4 Å². The molecule has 1 fully saturated rings. The Bertz CT molecular complexity index is 481. The van der Waals surface area contributed by atoms with Gasteiger partial charge in [0, 0.05) is 17.5 Å². The molecule has 110 valence electrons. The fraction of sp³-hybridized carbons (Fsp3) is 0.562. The van der Waals surface area contributed by atoms with E-state index in [1.165, 1.54) is 19.3 Å². The molecule has 1 saturated carbocycles. The molecule has 0 heterocycles. The van der Waals surface area contributed by atoms with Gasteiger partial charge >= 0.3 is 0 Å². The van der Waals surface area contributed by atoms with Gasteiger partial charge in [-0.2, -0.15) is 0 Å². The SMILES string of the molecule is CNC1(CC(=O)c2ccc(Cl)c(OC)c2)CCCCC1. The molecule has 2 rings (SSSR count). The van der Waals surface area contributed by atoms with E-state index in [4.69, 9.17) is 16.3 Å². The predicted molar refractivity (Wildman–Crippen MR) is 81.8 cm³/mol. The van der Waals surface area contributed by atoms with Crippen LogP contribution in [-0.4, -0.2) is 25.5 Å². The Morgan fingerprint density at radius 2 is 2.05 bits per heavy atom. The number of hydrogen-bond acceptors (Lipinski definition) is 3. The number of halogens is 1. The van der Waals surface area contributed by atoms with Crippen LogP contribution in [0, 0.1) is 0 Å². The molecule has 0 atom stereocenters. The monoisotopic (exact) mass is 295 g/mol. The molecule has 0 bridgehead atoms. The van der Waals surface area contributed by atoms with E-state index in [0.717, 1.165) is 12.8 Å². The van der Waals surface area contributed by atoms with Crippen molar-refractivity contribution in [2.24, 2.45) is 0 Å². The lowest BCUT2D eigenvalue weighted by Gasteiger charge is -2.36. The minimum Gasteiger partial charge on any atom is -0.495 e. The lowest BCUT2D eigenvalue weighted by atomic mass is 9.77. The first-order chi connectivity index (χ1) is 9.60. The number of rotatable bonds is 5. The van der Waals surface area contributed by atoms with Crippen LogP contribution in [-0.2, 0) is 0 Å². The van der Waals surface area contributed by atoms with Crippen molar-refractivity contribution in [3.8, 4) is 5.75 Å². The van der Waals surface area contributed by atoms with Gasteiger partial charge in [-0.05, 0) is 38.1 Å². The smallest absolute Gasteiger partial charge is 0.164 e. The number of ether oxygens (including phenoxy) is 1. The van der Waals surface area contributed by atoms with E-state index in [9.17, 15) is 4.79 Å². The van der Waals surface area contributed by atoms with Crippen molar-refractivity contribution in [3.05, 3.63) is 28.8 Å². The molecule has 20 heavy (non-hydrogen) atoms. The topological polar surface area (TPSA) is 38.3 Å². The van der Waals surface area contributed by atoms with Crippen LogP contribution in [0.15, 0.2) is 18.2 Å². The number of carbonyl (C=O) groups excluding carboxylic acids is 1. The number of ketones is 1. The van der Waals surface area contributed by atoms with Gasteiger partial charge in [-0.1, -0.05) is 30.9 Å². The van der Waals surface area contributed by atoms with Crippen LogP contribution in [0.1, 0.15) is 48.9 Å². The molecule has 0 spiro atoms. The lowest BCUT2D eigenvalue weighted by molar-refractivity contribution is 0.0914. The molecule has 1 aromatic carbocycles. The minimum atomic E-state index is -0.0395. The molecule has 0 amide bonds. The lowest BCUT2D eigenvalue weighted by Crippen LogP contribution is -2.46. The maximum absolute atomic E-state index is 12.5. The van der Waals surface area contributed by atoms with Crippen molar-refractivity contribution in [1.82, 2.24) is 5.32 Å². The summed E-state index contributed by atoms with van der Waals surface area (Å²) in [5, 5.41) is 3.91. The largest absolute Gasteiger partial charge is 0.495 e. The average Bonchev–Trinajstić information content (AvgIpc) is 2.48. The van der Waals surface area contributed by atoms with Gasteiger partial charge in [-0.25, -0.2) is 0 Å². The van der Waals surface area contributed by atoms with Crippen LogP contribution >= 0.6 is 11.6 Å². The maximum atomic E-state index is 12.5. The standard InChI is InChI=1S/C16H22ClNO2/c1-18-16(8-4-3-5-9-16)11-14(19)12-6-7-13(17)15(10-12)20-2/h6-7,10,18H,3-5,8-9,11H2,1-2H3. The summed E-state index contributed by atoms with van der Waals surface area (Å²) in [5.41, 5.74) is 0.633. The summed E-state index contributed by atoms with van der Waals surface area (Å²) in [5.74, 6) is 0.705. The summed E-state index contributed by atoms with van der Waals surface area (Å²) in [6.45, 7) is 0. The van der Waals surface area contributed by atoms with Gasteiger partial charge < -0.3 is 10.1 Å². The van der Waals surface area contributed by atoms with Crippen LogP contribution in [0.5, 0.6) is 5.75 Å². The molecule has 1 aliphatic carbocycles. The predicted octanol–water partition coefficient (Wildman–Crippen LogP) is 3.84. The van der Waals surface area contributed by atoms with Crippen LogP contribution in [0.4, 0.5) is 0 Å². The quantitative estimate of drug-likeness (QED) is 0.839. The molecule has 0 saturated heterocycles. The number of methoxy groups -OCH3 is 1. The van der Waals surface area contributed by atoms with Crippen molar-refractivity contribution in [1.29, 1.82) is 0 Å². The van der Waals surface area contributed by atoms with Gasteiger partial charge in [0.15, 0.2) is 5.78 Å². The molecule has 1 aromatic rings. The molecular formula is C16H22ClNO2. The molecule has 0 aliphatic heterocycles. The zero-order chi connectivity index (χ0) is 14.6. The molecule has 1 N–H and O–H groups in total. The third-order valence-electron chi connectivity index (χ3n) is 4.31. The summed E-state index contributed by atoms with van der Waals surface area (Å²) in [6, 6.07) is 5.23. The first-order valence-electron chi connectivity index (χ1n) is 7.16. The first kappa shape index (κ1) is 15.3. The average molecular weight is 296 g/mol. The minimum absolute atomic E-state index is 0.0395. The summed E-state index contributed by atoms with van der Waals surface area (Å²) < 4.78 is 5.18. The van der Waals surface area contributed by atoms with Crippen LogP contribution in [0.3, 0.4) is 0 Å². The summed E-state index contributed by atoms with van der Waals surface area (Å²) >= 11 is 6.00. The van der Waals surface area contributed by atoms with Gasteiger partial charge in [0.1, 0.15) is 5.75 Å². The highest BCUT2D eigenvalue weighted by atomic mass is 35.5. The Balaban J connectivity index is 2.14. The second-order valence-electron chi connectivity index (χ2n) is 5.54. The maximum Gasteiger partial charge on any atom is 0.164 e. The van der Waals surface area contributed by atoms with E-state index in [-0.39, 0.29) is 11.3 Å². The highest BCUT2D eigenvalue weighted by Crippen LogP contribution is 2.33. The summed E-state index contributed by atoms with van der Waals surface area (Å²) in [4.78, 5) is 12.5. The van der Waals surface area contributed by atoms with Crippen LogP contribution < -0.4 is 10.1 Å².